The van der Waals surface area contributed by atoms with E-state index in [0.29, 0.717) is 36.9 Å². The second-order valence-corrected chi connectivity index (χ2v) is 10.6. The minimum absolute atomic E-state index is 0.0233. The number of likely N-dealkylation sites (N-methyl/N-ethyl adjacent to an activating group) is 1. The summed E-state index contributed by atoms with van der Waals surface area (Å²) < 4.78 is 79.6. The minimum atomic E-state index is -4.53. The number of hydrogen-bond acceptors (Lipinski definition) is 6. The van der Waals surface area contributed by atoms with Crippen molar-refractivity contribution in [3.63, 3.8) is 0 Å². The van der Waals surface area contributed by atoms with Gasteiger partial charge in [-0.05, 0) is 49.3 Å². The lowest BCUT2D eigenvalue weighted by Gasteiger charge is -2.30. The molecule has 0 unspecified atom stereocenters. The monoisotopic (exact) mass is 585 g/mol. The fourth-order valence-corrected chi connectivity index (χ4v) is 5.37. The van der Waals surface area contributed by atoms with Gasteiger partial charge in [-0.25, -0.2) is 4.98 Å². The number of rotatable bonds is 9. The fourth-order valence-electron chi connectivity index (χ4n) is 4.51. The molecule has 4 rings (SSSR count). The van der Waals surface area contributed by atoms with Gasteiger partial charge in [0, 0.05) is 43.8 Å². The molecule has 13 heteroatoms. The molecule has 1 N–H and O–H groups in total. The molecule has 1 aliphatic heterocycles. The van der Waals surface area contributed by atoms with Gasteiger partial charge in [-0.3, -0.25) is 4.79 Å². The molecule has 0 atom stereocenters. The summed E-state index contributed by atoms with van der Waals surface area (Å²) in [4.78, 5) is 22.0. The van der Waals surface area contributed by atoms with Gasteiger partial charge in [0.05, 0.1) is 12.1 Å². The number of alkyl halides is 6. The fraction of sp³-hybridized carbons (Fsp3) is 0.407. The number of carbonyl (C=O) groups is 1. The lowest BCUT2D eigenvalue weighted by molar-refractivity contribution is -0.140. The number of fused-ring (bicyclic) bond motifs is 1. The molecule has 40 heavy (non-hydrogen) atoms. The number of carbonyl (C=O) groups excluding carboxylic acids is 1. The van der Waals surface area contributed by atoms with Gasteiger partial charge in [0.15, 0.2) is 10.8 Å². The highest BCUT2D eigenvalue weighted by Crippen LogP contribution is 2.36. The first-order valence-corrected chi connectivity index (χ1v) is 13.4. The van der Waals surface area contributed by atoms with E-state index in [1.54, 1.807) is 11.0 Å². The Morgan fingerprint density at radius 1 is 1.02 bits per heavy atom. The number of nitrogens with zero attached hydrogens (tertiary/aromatic N) is 4. The minimum Gasteiger partial charge on any atom is -0.376 e. The molecule has 0 fully saturated rings. The Kier molecular flexibility index (Phi) is 8.93. The van der Waals surface area contributed by atoms with Crippen molar-refractivity contribution in [3.8, 4) is 0 Å². The first-order chi connectivity index (χ1) is 18.8. The Bertz CT molecular complexity index is 1320. The summed E-state index contributed by atoms with van der Waals surface area (Å²) in [5.41, 5.74) is 0.898. The number of aromatic nitrogens is 1. The van der Waals surface area contributed by atoms with E-state index in [2.05, 4.69) is 10.3 Å². The largest absolute Gasteiger partial charge is 0.434 e. The maximum atomic E-state index is 13.6. The third-order valence-corrected chi connectivity index (χ3v) is 7.50. The predicted octanol–water partition coefficient (Wildman–Crippen LogP) is 5.75. The Balaban J connectivity index is 1.46. The highest BCUT2D eigenvalue weighted by molar-refractivity contribution is 7.13. The summed E-state index contributed by atoms with van der Waals surface area (Å²) in [5.74, 6) is -0.351. The van der Waals surface area contributed by atoms with Crippen molar-refractivity contribution in [3.05, 3.63) is 75.8 Å². The van der Waals surface area contributed by atoms with Gasteiger partial charge in [-0.2, -0.15) is 26.3 Å². The van der Waals surface area contributed by atoms with Gasteiger partial charge < -0.3 is 20.0 Å². The standard InChI is InChI=1S/C27H29F6N5OS/c1-36(2)12-13-37(16-19-6-3-4-8-21(19)26(28,29)30)24(39)14-34-22-9-5-7-18-15-38(11-10-20(18)22)25-35-23(17-40-25)27(31,32)33/h3-9,17,34H,10-16H2,1-2H3. The van der Waals surface area contributed by atoms with E-state index in [-0.39, 0.29) is 31.1 Å². The number of amides is 1. The van der Waals surface area contributed by atoms with Crippen molar-refractivity contribution in [2.45, 2.75) is 31.9 Å². The molecule has 2 aromatic carbocycles. The average Bonchev–Trinajstić information content (AvgIpc) is 3.40. The van der Waals surface area contributed by atoms with Crippen LogP contribution in [0, 0.1) is 0 Å². The van der Waals surface area contributed by atoms with Gasteiger partial charge in [0.1, 0.15) is 0 Å². The van der Waals surface area contributed by atoms with Crippen molar-refractivity contribution < 1.29 is 31.1 Å². The van der Waals surface area contributed by atoms with Gasteiger partial charge >= 0.3 is 12.4 Å². The van der Waals surface area contributed by atoms with Crippen molar-refractivity contribution in [2.75, 3.05) is 50.5 Å². The maximum absolute atomic E-state index is 13.6. The summed E-state index contributed by atoms with van der Waals surface area (Å²) in [6.07, 6.45) is -8.51. The molecule has 0 spiro atoms. The Morgan fingerprint density at radius 2 is 1.77 bits per heavy atom. The van der Waals surface area contributed by atoms with Crippen LogP contribution in [-0.4, -0.2) is 61.0 Å². The van der Waals surface area contributed by atoms with Gasteiger partial charge in [-0.1, -0.05) is 30.3 Å². The summed E-state index contributed by atoms with van der Waals surface area (Å²) in [6.45, 7) is 1.24. The quantitative estimate of drug-likeness (QED) is 0.325. The smallest absolute Gasteiger partial charge is 0.376 e. The van der Waals surface area contributed by atoms with Crippen LogP contribution in [0.2, 0.25) is 0 Å². The normalized spacial score (nSPS) is 13.9. The van der Waals surface area contributed by atoms with Gasteiger partial charge in [0.25, 0.3) is 0 Å². The maximum Gasteiger partial charge on any atom is 0.434 e. The number of thiazole rings is 1. The van der Waals surface area contributed by atoms with E-state index in [9.17, 15) is 31.1 Å². The highest BCUT2D eigenvalue weighted by atomic mass is 32.1. The second kappa shape index (κ2) is 12.0. The molecule has 3 aromatic rings. The lowest BCUT2D eigenvalue weighted by Crippen LogP contribution is -2.40. The van der Waals surface area contributed by atoms with Crippen LogP contribution in [0.25, 0.3) is 0 Å². The molecule has 0 aliphatic carbocycles. The van der Waals surface area contributed by atoms with E-state index in [1.165, 1.54) is 23.1 Å². The van der Waals surface area contributed by atoms with E-state index >= 15 is 0 Å². The van der Waals surface area contributed by atoms with Crippen LogP contribution >= 0.6 is 11.3 Å². The summed E-state index contributed by atoms with van der Waals surface area (Å²) in [7, 11) is 3.64. The Labute approximate surface area is 232 Å². The number of benzene rings is 2. The second-order valence-electron chi connectivity index (χ2n) is 9.75. The number of hydrogen-bond donors (Lipinski definition) is 1. The van der Waals surface area contributed by atoms with Crippen LogP contribution in [0.3, 0.4) is 0 Å². The molecular weight excluding hydrogens is 556 g/mol. The molecule has 1 amide bonds. The topological polar surface area (TPSA) is 51.7 Å². The van der Waals surface area contributed by atoms with E-state index in [0.717, 1.165) is 33.9 Å². The average molecular weight is 586 g/mol. The van der Waals surface area contributed by atoms with Crippen molar-refractivity contribution in [1.29, 1.82) is 0 Å². The molecule has 216 valence electrons. The van der Waals surface area contributed by atoms with Crippen LogP contribution in [0.15, 0.2) is 47.8 Å². The highest BCUT2D eigenvalue weighted by Gasteiger charge is 2.35. The van der Waals surface area contributed by atoms with Crippen LogP contribution in [0.1, 0.15) is 27.9 Å². The molecule has 2 heterocycles. The number of halogens is 6. The Hall–Kier alpha value is -3.32. The van der Waals surface area contributed by atoms with Crippen LogP contribution in [-0.2, 0) is 36.7 Å². The third-order valence-electron chi connectivity index (χ3n) is 6.60. The molecule has 1 aliphatic rings. The van der Waals surface area contributed by atoms with Crippen LogP contribution in [0.4, 0.5) is 37.2 Å². The summed E-state index contributed by atoms with van der Waals surface area (Å²) in [6, 6.07) is 10.7. The first-order valence-electron chi connectivity index (χ1n) is 12.5. The molecular formula is C27H29F6N5OS. The third kappa shape index (κ3) is 7.25. The van der Waals surface area contributed by atoms with Gasteiger partial charge in [0.2, 0.25) is 5.91 Å². The zero-order chi connectivity index (χ0) is 29.1. The van der Waals surface area contributed by atoms with Crippen LogP contribution < -0.4 is 10.2 Å². The SMILES string of the molecule is CN(C)CCN(Cc1ccccc1C(F)(F)F)C(=O)CNc1cccc2c1CCN(c1nc(C(F)(F)F)cs1)C2. The number of nitrogens with one attached hydrogen (secondary N) is 1. The van der Waals surface area contributed by atoms with Crippen molar-refractivity contribution in [1.82, 2.24) is 14.8 Å². The molecule has 0 bridgehead atoms. The summed E-state index contributed by atoms with van der Waals surface area (Å²) in [5, 5.41) is 4.44. The first kappa shape index (κ1) is 29.7. The molecule has 0 saturated carbocycles. The molecule has 6 nitrogen and oxygen atoms in total. The van der Waals surface area contributed by atoms with Crippen molar-refractivity contribution in [2.24, 2.45) is 0 Å². The number of anilines is 2. The molecule has 1 aromatic heterocycles. The van der Waals surface area contributed by atoms with E-state index in [4.69, 9.17) is 0 Å². The zero-order valence-electron chi connectivity index (χ0n) is 21.9. The lowest BCUT2D eigenvalue weighted by atomic mass is 9.98. The van der Waals surface area contributed by atoms with E-state index < -0.39 is 23.6 Å². The van der Waals surface area contributed by atoms with Crippen LogP contribution in [0.5, 0.6) is 0 Å². The predicted molar refractivity (Wildman–Crippen MR) is 142 cm³/mol. The Morgan fingerprint density at radius 3 is 2.45 bits per heavy atom. The summed E-state index contributed by atoms with van der Waals surface area (Å²) >= 11 is 0.944. The zero-order valence-corrected chi connectivity index (χ0v) is 22.8. The van der Waals surface area contributed by atoms with E-state index in [1.807, 2.05) is 31.1 Å². The molecule has 0 saturated heterocycles. The van der Waals surface area contributed by atoms with Gasteiger partial charge in [-0.15, -0.1) is 11.3 Å². The molecule has 0 radical (unpaired) electrons. The van der Waals surface area contributed by atoms with Crippen molar-refractivity contribution >= 4 is 28.1 Å².